The van der Waals surface area contributed by atoms with Crippen molar-refractivity contribution in [2.75, 3.05) is 7.05 Å². The fourth-order valence-corrected chi connectivity index (χ4v) is 2.95. The molecule has 4 heteroatoms. The summed E-state index contributed by atoms with van der Waals surface area (Å²) in [5.74, 6) is -0.217. The number of nitrogens with zero attached hydrogens (tertiary/aromatic N) is 1. The standard InChI is InChI=1S/C27H26FN3/c1-20(29-3)9-10-22-11-14-25(15-12-22)21(2)31-30-19-24-13-16-27(28)26(18-24)17-23-7-5-4-6-8-23/h4-16,18-19,29,31H,1-2,17H2,3H3/b10-9+,30-19+. The van der Waals surface area contributed by atoms with E-state index < -0.39 is 0 Å². The molecule has 0 aliphatic carbocycles. The van der Waals surface area contributed by atoms with Crippen molar-refractivity contribution in [1.29, 1.82) is 0 Å². The highest BCUT2D eigenvalue weighted by Gasteiger charge is 2.04. The zero-order chi connectivity index (χ0) is 22.1. The van der Waals surface area contributed by atoms with E-state index in [4.69, 9.17) is 0 Å². The molecule has 3 rings (SSSR count). The van der Waals surface area contributed by atoms with Crippen LogP contribution in [0.5, 0.6) is 0 Å². The number of rotatable bonds is 9. The Balaban J connectivity index is 1.61. The van der Waals surface area contributed by atoms with Crippen molar-refractivity contribution < 1.29 is 4.39 Å². The molecule has 0 bridgehead atoms. The molecule has 0 aliphatic rings. The highest BCUT2D eigenvalue weighted by atomic mass is 19.1. The number of hydrazone groups is 1. The smallest absolute Gasteiger partial charge is 0.126 e. The minimum Gasteiger partial charge on any atom is -0.389 e. The van der Waals surface area contributed by atoms with E-state index >= 15 is 0 Å². The quantitative estimate of drug-likeness (QED) is 0.267. The summed E-state index contributed by atoms with van der Waals surface area (Å²) in [5.41, 5.74) is 8.99. The Hall–Kier alpha value is -3.92. The van der Waals surface area contributed by atoms with E-state index in [9.17, 15) is 4.39 Å². The molecule has 0 amide bonds. The minimum atomic E-state index is -0.217. The fraction of sp³-hybridized carbons (Fsp3) is 0.0741. The van der Waals surface area contributed by atoms with Crippen LogP contribution in [-0.2, 0) is 6.42 Å². The molecule has 0 aliphatic heterocycles. The summed E-state index contributed by atoms with van der Waals surface area (Å²) >= 11 is 0. The molecule has 2 N–H and O–H groups in total. The van der Waals surface area contributed by atoms with E-state index in [1.807, 2.05) is 79.9 Å². The normalized spacial score (nSPS) is 11.0. The Morgan fingerprint density at radius 3 is 2.39 bits per heavy atom. The highest BCUT2D eigenvalue weighted by molar-refractivity contribution is 5.80. The monoisotopic (exact) mass is 411 g/mol. The SMILES string of the molecule is C=C(/C=C/c1ccc(C(=C)N/N=C/c2ccc(F)c(Cc3ccccc3)c2)cc1)NC. The van der Waals surface area contributed by atoms with Gasteiger partial charge in [0.1, 0.15) is 5.82 Å². The highest BCUT2D eigenvalue weighted by Crippen LogP contribution is 2.15. The molecule has 3 nitrogen and oxygen atoms in total. The van der Waals surface area contributed by atoms with Crippen LogP contribution in [0.4, 0.5) is 4.39 Å². The van der Waals surface area contributed by atoms with Gasteiger partial charge in [-0.05, 0) is 46.0 Å². The van der Waals surface area contributed by atoms with E-state index in [0.717, 1.165) is 28.0 Å². The number of allylic oxidation sites excluding steroid dienone is 1. The maximum atomic E-state index is 14.2. The third-order valence-electron chi connectivity index (χ3n) is 4.78. The molecule has 0 fully saturated rings. The molecule has 0 heterocycles. The van der Waals surface area contributed by atoms with Gasteiger partial charge in [0.2, 0.25) is 0 Å². The zero-order valence-electron chi connectivity index (χ0n) is 17.6. The number of hydrogen-bond donors (Lipinski definition) is 2. The van der Waals surface area contributed by atoms with E-state index in [1.165, 1.54) is 6.07 Å². The van der Waals surface area contributed by atoms with Crippen LogP contribution in [-0.4, -0.2) is 13.3 Å². The van der Waals surface area contributed by atoms with Crippen LogP contribution in [0.1, 0.15) is 27.8 Å². The first-order valence-corrected chi connectivity index (χ1v) is 10.0. The first kappa shape index (κ1) is 21.8. The first-order chi connectivity index (χ1) is 15.0. The third kappa shape index (κ3) is 6.54. The number of benzene rings is 3. The van der Waals surface area contributed by atoms with Gasteiger partial charge in [0.05, 0.1) is 11.9 Å². The van der Waals surface area contributed by atoms with Crippen molar-refractivity contribution in [3.8, 4) is 0 Å². The maximum Gasteiger partial charge on any atom is 0.126 e. The van der Waals surface area contributed by atoms with Crippen molar-refractivity contribution in [1.82, 2.24) is 10.7 Å². The summed E-state index contributed by atoms with van der Waals surface area (Å²) in [5, 5.41) is 7.24. The van der Waals surface area contributed by atoms with E-state index in [2.05, 4.69) is 29.0 Å². The van der Waals surface area contributed by atoms with Gasteiger partial charge in [0.15, 0.2) is 0 Å². The van der Waals surface area contributed by atoms with Crippen molar-refractivity contribution in [2.45, 2.75) is 6.42 Å². The van der Waals surface area contributed by atoms with Gasteiger partial charge in [-0.25, -0.2) is 4.39 Å². The summed E-state index contributed by atoms with van der Waals surface area (Å²) < 4.78 is 14.2. The van der Waals surface area contributed by atoms with Gasteiger partial charge in [0.25, 0.3) is 0 Å². The predicted octanol–water partition coefficient (Wildman–Crippen LogP) is 5.76. The molecule has 0 aromatic heterocycles. The Labute approximate surface area is 183 Å². The van der Waals surface area contributed by atoms with Gasteiger partial charge >= 0.3 is 0 Å². The second-order valence-electron chi connectivity index (χ2n) is 7.09. The molecule has 0 spiro atoms. The van der Waals surface area contributed by atoms with Crippen molar-refractivity contribution in [3.63, 3.8) is 0 Å². The van der Waals surface area contributed by atoms with Crippen molar-refractivity contribution in [2.24, 2.45) is 5.10 Å². The van der Waals surface area contributed by atoms with Gasteiger partial charge in [-0.15, -0.1) is 0 Å². The Morgan fingerprint density at radius 1 is 0.968 bits per heavy atom. The lowest BCUT2D eigenvalue weighted by atomic mass is 10.0. The number of hydrogen-bond acceptors (Lipinski definition) is 3. The van der Waals surface area contributed by atoms with Gasteiger partial charge < -0.3 is 5.32 Å². The molecule has 31 heavy (non-hydrogen) atoms. The Kier molecular flexibility index (Phi) is 7.55. The second kappa shape index (κ2) is 10.7. The summed E-state index contributed by atoms with van der Waals surface area (Å²) in [6.07, 6.45) is 6.11. The number of likely N-dealkylation sites (N-methyl/N-ethyl adjacent to an activating group) is 1. The van der Waals surface area contributed by atoms with Gasteiger partial charge in [0, 0.05) is 19.2 Å². The van der Waals surface area contributed by atoms with Crippen LogP contribution in [0.2, 0.25) is 0 Å². The largest absolute Gasteiger partial charge is 0.389 e. The van der Waals surface area contributed by atoms with Crippen molar-refractivity contribution in [3.05, 3.63) is 131 Å². The van der Waals surface area contributed by atoms with E-state index in [0.29, 0.717) is 17.7 Å². The fourth-order valence-electron chi connectivity index (χ4n) is 2.95. The average molecular weight is 412 g/mol. The lowest BCUT2D eigenvalue weighted by Gasteiger charge is -2.07. The molecule has 0 atom stereocenters. The summed E-state index contributed by atoms with van der Waals surface area (Å²) in [6.45, 7) is 7.90. The van der Waals surface area contributed by atoms with Crippen LogP contribution in [0.15, 0.2) is 103 Å². The molecule has 3 aromatic rings. The lowest BCUT2D eigenvalue weighted by molar-refractivity contribution is 0.614. The third-order valence-corrected chi connectivity index (χ3v) is 4.78. The Morgan fingerprint density at radius 2 is 1.68 bits per heavy atom. The summed E-state index contributed by atoms with van der Waals surface area (Å²) in [6, 6.07) is 22.8. The molecule has 156 valence electrons. The molecule has 0 radical (unpaired) electrons. The second-order valence-corrected chi connectivity index (χ2v) is 7.09. The topological polar surface area (TPSA) is 36.4 Å². The molecule has 3 aromatic carbocycles. The Bertz CT molecular complexity index is 1100. The molecule has 0 saturated heterocycles. The van der Waals surface area contributed by atoms with Gasteiger partial charge in [-0.1, -0.05) is 79.9 Å². The molecular weight excluding hydrogens is 385 g/mol. The zero-order valence-corrected chi connectivity index (χ0v) is 17.6. The van der Waals surface area contributed by atoms with Crippen LogP contribution in [0.3, 0.4) is 0 Å². The van der Waals surface area contributed by atoms with Crippen LogP contribution in [0, 0.1) is 5.82 Å². The first-order valence-electron chi connectivity index (χ1n) is 10.0. The van der Waals surface area contributed by atoms with E-state index in [1.54, 1.807) is 12.3 Å². The minimum absolute atomic E-state index is 0.217. The van der Waals surface area contributed by atoms with Gasteiger partial charge in [-0.2, -0.15) is 5.10 Å². The molecule has 0 saturated carbocycles. The number of nitrogens with one attached hydrogen (secondary N) is 2. The van der Waals surface area contributed by atoms with Gasteiger partial charge in [-0.3, -0.25) is 5.43 Å². The number of halogens is 1. The lowest BCUT2D eigenvalue weighted by Crippen LogP contribution is -2.04. The average Bonchev–Trinajstić information content (AvgIpc) is 2.80. The predicted molar refractivity (Wildman–Crippen MR) is 129 cm³/mol. The maximum absolute atomic E-state index is 14.2. The van der Waals surface area contributed by atoms with E-state index in [-0.39, 0.29) is 5.82 Å². The van der Waals surface area contributed by atoms with Crippen LogP contribution >= 0.6 is 0 Å². The van der Waals surface area contributed by atoms with Crippen LogP contribution < -0.4 is 10.7 Å². The molecule has 0 unspecified atom stereocenters. The summed E-state index contributed by atoms with van der Waals surface area (Å²) in [4.78, 5) is 0. The van der Waals surface area contributed by atoms with Crippen LogP contribution in [0.25, 0.3) is 11.8 Å². The summed E-state index contributed by atoms with van der Waals surface area (Å²) in [7, 11) is 1.84. The molecular formula is C27H26FN3. The van der Waals surface area contributed by atoms with Crippen molar-refractivity contribution >= 4 is 18.0 Å².